The highest BCUT2D eigenvalue weighted by molar-refractivity contribution is 7.88. The van der Waals surface area contributed by atoms with Crippen LogP contribution in [0, 0.1) is 5.92 Å². The van der Waals surface area contributed by atoms with Gasteiger partial charge in [-0.1, -0.05) is 38.0 Å². The van der Waals surface area contributed by atoms with E-state index in [1.54, 1.807) is 20.8 Å². The summed E-state index contributed by atoms with van der Waals surface area (Å²) in [7, 11) is -4.17. The van der Waals surface area contributed by atoms with Crippen molar-refractivity contribution in [3.8, 4) is 0 Å². The van der Waals surface area contributed by atoms with E-state index < -0.39 is 63.2 Å². The predicted octanol–water partition coefficient (Wildman–Crippen LogP) is 2.04. The highest BCUT2D eigenvalue weighted by atomic mass is 32.2. The van der Waals surface area contributed by atoms with Gasteiger partial charge in [-0.25, -0.2) is 9.52 Å². The summed E-state index contributed by atoms with van der Waals surface area (Å²) in [4.78, 5) is 53.3. The Kier molecular flexibility index (Phi) is 11.7. The van der Waals surface area contributed by atoms with Crippen LogP contribution in [0.1, 0.15) is 79.6 Å². The van der Waals surface area contributed by atoms with Gasteiger partial charge >= 0.3 is 16.3 Å². The van der Waals surface area contributed by atoms with Crippen molar-refractivity contribution in [2.45, 2.75) is 103 Å². The molecule has 13 heteroatoms. The van der Waals surface area contributed by atoms with Gasteiger partial charge in [0, 0.05) is 19.0 Å². The van der Waals surface area contributed by atoms with Gasteiger partial charge in [0.05, 0.1) is 0 Å². The second-order valence-corrected chi connectivity index (χ2v) is 12.8. The minimum absolute atomic E-state index is 0.0720. The van der Waals surface area contributed by atoms with Crippen molar-refractivity contribution in [2.24, 2.45) is 5.92 Å². The van der Waals surface area contributed by atoms with Crippen LogP contribution in [-0.2, 0) is 29.3 Å². The Morgan fingerprint density at radius 2 is 1.90 bits per heavy atom. The van der Waals surface area contributed by atoms with E-state index in [2.05, 4.69) is 28.9 Å². The fourth-order valence-electron chi connectivity index (χ4n) is 4.57. The lowest BCUT2D eigenvalue weighted by Gasteiger charge is -2.29. The summed E-state index contributed by atoms with van der Waals surface area (Å²) in [5, 5.41) is 5.27. The molecule has 2 aliphatic rings. The van der Waals surface area contributed by atoms with Crippen LogP contribution in [0.15, 0.2) is 24.8 Å². The molecule has 1 heterocycles. The van der Waals surface area contributed by atoms with E-state index >= 15 is 0 Å². The van der Waals surface area contributed by atoms with E-state index in [0.717, 1.165) is 25.7 Å². The van der Waals surface area contributed by atoms with Gasteiger partial charge < -0.3 is 20.3 Å². The maximum Gasteiger partial charge on any atom is 0.408 e. The molecule has 12 nitrogen and oxygen atoms in total. The maximum atomic E-state index is 13.5. The SMILES string of the molecule is C=CCNS(=O)(=O)NC(=O)[C@@]1(NC(=O)[C@@H]2CCCN2C(=O)[C@H](C)NC(=O)OC(C)(C)C)CC1/C=C\CCCCC. The average molecular weight is 584 g/mol. The summed E-state index contributed by atoms with van der Waals surface area (Å²) in [5.74, 6) is -2.26. The summed E-state index contributed by atoms with van der Waals surface area (Å²) in [6.07, 6.45) is 9.45. The lowest BCUT2D eigenvalue weighted by atomic mass is 10.1. The Balaban J connectivity index is 2.15. The number of hydrogen-bond donors (Lipinski definition) is 4. The number of carbonyl (C=O) groups excluding carboxylic acids is 4. The summed E-state index contributed by atoms with van der Waals surface area (Å²) < 4.78 is 34.1. The number of allylic oxidation sites excluding steroid dienone is 1. The van der Waals surface area contributed by atoms with Crippen LogP contribution < -0.4 is 20.1 Å². The Morgan fingerprint density at radius 1 is 1.20 bits per heavy atom. The first-order valence-corrected chi connectivity index (χ1v) is 15.4. The third kappa shape index (κ3) is 9.61. The summed E-state index contributed by atoms with van der Waals surface area (Å²) >= 11 is 0. The standard InChI is InChI=1S/C27H45N5O7S/c1-7-9-10-11-12-14-20-18-27(20,24(35)31-40(37,38)28-16-8-2)30-22(33)21-15-13-17-32(21)23(34)19(3)29-25(36)39-26(4,5)6/h8,12,14,19-21,28H,2,7,9-11,13,15-18H2,1,3-6H3,(H,29,36)(H,30,33)(H,31,35)/b14-12-/t19-,20?,21-,27+/m0/s1. The zero-order chi connectivity index (χ0) is 30.1. The van der Waals surface area contributed by atoms with Crippen LogP contribution in [0.25, 0.3) is 0 Å². The van der Waals surface area contributed by atoms with Crippen LogP contribution in [0.2, 0.25) is 0 Å². The molecule has 40 heavy (non-hydrogen) atoms. The molecule has 1 unspecified atom stereocenters. The number of rotatable bonds is 14. The molecule has 0 spiro atoms. The van der Waals surface area contributed by atoms with Gasteiger partial charge in [-0.3, -0.25) is 14.4 Å². The van der Waals surface area contributed by atoms with Crippen LogP contribution >= 0.6 is 0 Å². The van der Waals surface area contributed by atoms with Crippen LogP contribution in [0.4, 0.5) is 4.79 Å². The van der Waals surface area contributed by atoms with E-state index in [1.165, 1.54) is 17.9 Å². The molecule has 2 rings (SSSR count). The number of nitrogens with zero attached hydrogens (tertiary/aromatic N) is 1. The van der Waals surface area contributed by atoms with Crippen molar-refractivity contribution in [3.63, 3.8) is 0 Å². The van der Waals surface area contributed by atoms with Crippen LogP contribution in [0.5, 0.6) is 0 Å². The number of amides is 4. The molecular weight excluding hydrogens is 538 g/mol. The topological polar surface area (TPSA) is 163 Å². The van der Waals surface area contributed by atoms with Gasteiger partial charge in [0.15, 0.2) is 0 Å². The summed E-state index contributed by atoms with van der Waals surface area (Å²) in [6, 6.07) is -1.81. The van der Waals surface area contributed by atoms with Crippen molar-refractivity contribution >= 4 is 34.0 Å². The molecule has 0 bridgehead atoms. The van der Waals surface area contributed by atoms with Crippen LogP contribution in [0.3, 0.4) is 0 Å². The first kappa shape index (κ1) is 33.3. The molecule has 1 saturated heterocycles. The van der Waals surface area contributed by atoms with E-state index in [-0.39, 0.29) is 13.0 Å². The second kappa shape index (κ2) is 14.1. The normalized spacial score (nSPS) is 23.4. The Labute approximate surface area is 237 Å². The molecule has 0 aromatic heterocycles. The van der Waals surface area contributed by atoms with E-state index in [4.69, 9.17) is 4.74 Å². The lowest BCUT2D eigenvalue weighted by molar-refractivity contribution is -0.140. The van der Waals surface area contributed by atoms with Gasteiger partial charge in [0.1, 0.15) is 23.2 Å². The molecule has 0 aromatic carbocycles. The quantitative estimate of drug-likeness (QED) is 0.180. The molecule has 4 amide bonds. The number of carbonyl (C=O) groups is 4. The first-order valence-electron chi connectivity index (χ1n) is 13.9. The zero-order valence-electron chi connectivity index (χ0n) is 24.2. The van der Waals surface area contributed by atoms with Gasteiger partial charge in [-0.15, -0.1) is 6.58 Å². The van der Waals surface area contributed by atoms with E-state index in [0.29, 0.717) is 19.4 Å². The van der Waals surface area contributed by atoms with Gasteiger partial charge in [0.2, 0.25) is 11.8 Å². The number of ether oxygens (including phenoxy) is 1. The second-order valence-electron chi connectivity index (χ2n) is 11.3. The maximum absolute atomic E-state index is 13.5. The smallest absolute Gasteiger partial charge is 0.408 e. The van der Waals surface area contributed by atoms with Crippen LogP contribution in [-0.4, -0.2) is 73.4 Å². The number of likely N-dealkylation sites (tertiary alicyclic amines) is 1. The Bertz CT molecular complexity index is 1090. The van der Waals surface area contributed by atoms with Gasteiger partial charge in [0.25, 0.3) is 5.91 Å². The molecule has 1 aliphatic heterocycles. The lowest BCUT2D eigenvalue weighted by Crippen LogP contribution is -2.58. The molecule has 1 saturated carbocycles. The Morgan fingerprint density at radius 3 is 2.52 bits per heavy atom. The van der Waals surface area contributed by atoms with E-state index in [9.17, 15) is 27.6 Å². The molecule has 0 radical (unpaired) electrons. The van der Waals surface area contributed by atoms with Crippen molar-refractivity contribution in [3.05, 3.63) is 24.8 Å². The van der Waals surface area contributed by atoms with Crippen molar-refractivity contribution in [2.75, 3.05) is 13.1 Å². The minimum Gasteiger partial charge on any atom is -0.444 e. The van der Waals surface area contributed by atoms with Crippen molar-refractivity contribution < 1.29 is 32.3 Å². The number of hydrogen-bond acceptors (Lipinski definition) is 7. The zero-order valence-corrected chi connectivity index (χ0v) is 25.1. The molecule has 0 aromatic rings. The monoisotopic (exact) mass is 583 g/mol. The molecule has 1 aliphatic carbocycles. The van der Waals surface area contributed by atoms with Crippen molar-refractivity contribution in [1.29, 1.82) is 0 Å². The summed E-state index contributed by atoms with van der Waals surface area (Å²) in [6.45, 7) is 12.4. The summed E-state index contributed by atoms with van der Waals surface area (Å²) in [5.41, 5.74) is -2.20. The average Bonchev–Trinajstić information content (AvgIpc) is 3.31. The highest BCUT2D eigenvalue weighted by Crippen LogP contribution is 2.45. The fraction of sp³-hybridized carbons (Fsp3) is 0.704. The number of unbranched alkanes of at least 4 members (excludes halogenated alkanes) is 3. The highest BCUT2D eigenvalue weighted by Gasteiger charge is 2.61. The third-order valence-corrected chi connectivity index (χ3v) is 7.70. The molecule has 4 atom stereocenters. The largest absolute Gasteiger partial charge is 0.444 e. The molecule has 2 fully saturated rings. The molecule has 226 valence electrons. The first-order chi connectivity index (χ1) is 18.7. The van der Waals surface area contributed by atoms with E-state index in [1.807, 2.05) is 16.9 Å². The van der Waals surface area contributed by atoms with Gasteiger partial charge in [-0.05, 0) is 59.8 Å². The van der Waals surface area contributed by atoms with Crippen molar-refractivity contribution in [1.82, 2.24) is 25.0 Å². The fourth-order valence-corrected chi connectivity index (χ4v) is 5.41. The number of nitrogens with one attached hydrogen (secondary N) is 4. The van der Waals surface area contributed by atoms with Gasteiger partial charge in [-0.2, -0.15) is 13.1 Å². The number of alkyl carbamates (subject to hydrolysis) is 1. The molecular formula is C27H45N5O7S. The minimum atomic E-state index is -4.17. The predicted molar refractivity (Wildman–Crippen MR) is 151 cm³/mol. The third-order valence-electron chi connectivity index (χ3n) is 6.70. The molecule has 4 N–H and O–H groups in total. The Hall–Kier alpha value is -2.93.